The number of hydrogen-bond acceptors (Lipinski definition) is 6. The van der Waals surface area contributed by atoms with E-state index in [1.165, 1.54) is 18.8 Å². The molecule has 6 nitrogen and oxygen atoms in total. The van der Waals surface area contributed by atoms with Gasteiger partial charge in [-0.2, -0.15) is 11.8 Å². The van der Waals surface area contributed by atoms with E-state index in [0.29, 0.717) is 22.8 Å². The molecule has 32 heavy (non-hydrogen) atoms. The molecule has 1 N–H and O–H groups in total. The minimum Gasteiger partial charge on any atom is -0.457 e. The number of aromatic nitrogens is 1. The van der Waals surface area contributed by atoms with Gasteiger partial charge in [-0.25, -0.2) is 0 Å². The molecule has 2 aromatic carbocycles. The van der Waals surface area contributed by atoms with Crippen LogP contribution in [0.3, 0.4) is 0 Å². The van der Waals surface area contributed by atoms with Crippen LogP contribution < -0.4 is 5.32 Å². The van der Waals surface area contributed by atoms with Crippen LogP contribution in [-0.2, 0) is 26.5 Å². The molecule has 0 spiro atoms. The van der Waals surface area contributed by atoms with Gasteiger partial charge in [-0.15, -0.1) is 0 Å². The van der Waals surface area contributed by atoms with Crippen LogP contribution in [0.5, 0.6) is 0 Å². The van der Waals surface area contributed by atoms with E-state index in [2.05, 4.69) is 10.5 Å². The van der Waals surface area contributed by atoms with E-state index in [-0.39, 0.29) is 18.3 Å². The van der Waals surface area contributed by atoms with Crippen molar-refractivity contribution in [1.82, 2.24) is 10.5 Å². The molecule has 3 aromatic rings. The van der Waals surface area contributed by atoms with Crippen LogP contribution in [0.1, 0.15) is 36.6 Å². The summed E-state index contributed by atoms with van der Waals surface area (Å²) in [5.74, 6) is 1.30. The van der Waals surface area contributed by atoms with Crippen LogP contribution in [0.2, 0.25) is 5.02 Å². The maximum atomic E-state index is 12.5. The number of nitrogens with zero attached hydrogens (tertiary/aromatic N) is 1. The fourth-order valence-corrected chi connectivity index (χ4v) is 4.24. The molecule has 1 unspecified atom stereocenters. The highest BCUT2D eigenvalue weighted by Gasteiger charge is 2.18. The number of nitrogens with one attached hydrogen (secondary N) is 1. The molecule has 0 fully saturated rings. The van der Waals surface area contributed by atoms with Gasteiger partial charge in [0.1, 0.15) is 18.1 Å². The van der Waals surface area contributed by atoms with E-state index in [1.807, 2.05) is 42.5 Å². The molecular weight excluding hydrogens is 448 g/mol. The first-order chi connectivity index (χ1) is 15.4. The van der Waals surface area contributed by atoms with Crippen molar-refractivity contribution in [2.45, 2.75) is 32.1 Å². The minimum atomic E-state index is -0.457. The second-order valence-corrected chi connectivity index (χ2v) is 8.76. The zero-order valence-electron chi connectivity index (χ0n) is 18.0. The monoisotopic (exact) mass is 472 g/mol. The molecule has 1 heterocycles. The molecule has 3 rings (SSSR count). The van der Waals surface area contributed by atoms with Crippen LogP contribution >= 0.6 is 23.4 Å². The molecule has 8 heteroatoms. The Morgan fingerprint density at radius 3 is 2.66 bits per heavy atom. The fraction of sp³-hybridized carbons (Fsp3) is 0.292. The number of halogens is 1. The normalized spacial score (nSPS) is 11.7. The summed E-state index contributed by atoms with van der Waals surface area (Å²) in [6, 6.07) is 15.3. The van der Waals surface area contributed by atoms with E-state index in [0.717, 1.165) is 22.6 Å². The second kappa shape index (κ2) is 11.7. The number of thioether (sulfide) groups is 1. The van der Waals surface area contributed by atoms with Crippen molar-refractivity contribution in [1.29, 1.82) is 0 Å². The molecule has 0 aliphatic carbocycles. The van der Waals surface area contributed by atoms with Crippen LogP contribution in [0.4, 0.5) is 0 Å². The number of esters is 1. The van der Waals surface area contributed by atoms with Crippen molar-refractivity contribution in [3.8, 4) is 11.3 Å². The average molecular weight is 473 g/mol. The van der Waals surface area contributed by atoms with Crippen LogP contribution in [-0.4, -0.2) is 29.3 Å². The lowest BCUT2D eigenvalue weighted by molar-refractivity contribution is -0.147. The summed E-state index contributed by atoms with van der Waals surface area (Å²) < 4.78 is 10.7. The Labute approximate surface area is 196 Å². The largest absolute Gasteiger partial charge is 0.457 e. The van der Waals surface area contributed by atoms with Gasteiger partial charge in [0.25, 0.3) is 0 Å². The smallest absolute Gasteiger partial charge is 0.311 e. The van der Waals surface area contributed by atoms with Gasteiger partial charge in [-0.1, -0.05) is 59.2 Å². The number of carbonyl (C=O) groups excluding carboxylic acids is 2. The van der Waals surface area contributed by atoms with Crippen molar-refractivity contribution >= 4 is 35.2 Å². The number of hydrogen-bond donors (Lipinski definition) is 1. The SMILES string of the molecule is CC(=O)NCCSCc1ccc(-c2nocc2CC(=O)OC(C)c2ccccc2Cl)cc1. The van der Waals surface area contributed by atoms with E-state index in [9.17, 15) is 9.59 Å². The van der Waals surface area contributed by atoms with Gasteiger partial charge >= 0.3 is 5.97 Å². The summed E-state index contributed by atoms with van der Waals surface area (Å²) in [4.78, 5) is 23.4. The Morgan fingerprint density at radius 1 is 1.19 bits per heavy atom. The summed E-state index contributed by atoms with van der Waals surface area (Å²) in [5, 5.41) is 7.42. The van der Waals surface area contributed by atoms with Crippen LogP contribution in [0.25, 0.3) is 11.3 Å². The second-order valence-electron chi connectivity index (χ2n) is 7.25. The summed E-state index contributed by atoms with van der Waals surface area (Å²) in [6.07, 6.45) is 1.07. The van der Waals surface area contributed by atoms with Gasteiger partial charge in [0.2, 0.25) is 5.91 Å². The molecule has 168 valence electrons. The molecule has 1 amide bonds. The lowest BCUT2D eigenvalue weighted by Gasteiger charge is -2.14. The molecule has 0 aliphatic heterocycles. The minimum absolute atomic E-state index is 0.0134. The van der Waals surface area contributed by atoms with Gasteiger partial charge in [0, 0.05) is 46.7 Å². The van der Waals surface area contributed by atoms with Crippen LogP contribution in [0.15, 0.2) is 59.3 Å². The summed E-state index contributed by atoms with van der Waals surface area (Å²) in [5.41, 5.74) is 4.09. The first-order valence-corrected chi connectivity index (χ1v) is 11.8. The van der Waals surface area contributed by atoms with Crippen molar-refractivity contribution in [2.24, 2.45) is 0 Å². The van der Waals surface area contributed by atoms with E-state index in [1.54, 1.807) is 24.8 Å². The number of benzene rings is 2. The molecule has 0 bridgehead atoms. The number of ether oxygens (including phenoxy) is 1. The zero-order valence-corrected chi connectivity index (χ0v) is 19.5. The molecule has 1 atom stereocenters. The summed E-state index contributed by atoms with van der Waals surface area (Å²) in [7, 11) is 0. The maximum Gasteiger partial charge on any atom is 0.311 e. The lowest BCUT2D eigenvalue weighted by atomic mass is 10.0. The third-order valence-electron chi connectivity index (χ3n) is 4.75. The average Bonchev–Trinajstić information content (AvgIpc) is 3.21. The predicted octanol–water partition coefficient (Wildman–Crippen LogP) is 5.21. The first-order valence-electron chi connectivity index (χ1n) is 10.2. The third-order valence-corrected chi connectivity index (χ3v) is 6.12. The zero-order chi connectivity index (χ0) is 22.9. The Bertz CT molecular complexity index is 1050. The number of amides is 1. The standard InChI is InChI=1S/C24H25ClN2O4S/c1-16(21-5-3-4-6-22(21)25)31-23(29)13-20-14-30-27-24(20)19-9-7-18(8-10-19)15-32-12-11-26-17(2)28/h3-10,14,16H,11-13,15H2,1-2H3,(H,26,28). The highest BCUT2D eigenvalue weighted by molar-refractivity contribution is 7.98. The number of rotatable bonds is 10. The van der Waals surface area contributed by atoms with Gasteiger partial charge < -0.3 is 14.6 Å². The maximum absolute atomic E-state index is 12.5. The molecule has 0 saturated carbocycles. The Balaban J connectivity index is 1.56. The quantitative estimate of drug-likeness (QED) is 0.322. The molecule has 0 aliphatic rings. The highest BCUT2D eigenvalue weighted by Crippen LogP contribution is 2.27. The van der Waals surface area contributed by atoms with E-state index < -0.39 is 6.10 Å². The van der Waals surface area contributed by atoms with Crippen molar-refractivity contribution < 1.29 is 18.8 Å². The molecular formula is C24H25ClN2O4S. The van der Waals surface area contributed by atoms with Crippen molar-refractivity contribution in [2.75, 3.05) is 12.3 Å². The lowest BCUT2D eigenvalue weighted by Crippen LogP contribution is -2.22. The fourth-order valence-electron chi connectivity index (χ4n) is 3.13. The van der Waals surface area contributed by atoms with E-state index >= 15 is 0 Å². The summed E-state index contributed by atoms with van der Waals surface area (Å²) >= 11 is 7.94. The van der Waals surface area contributed by atoms with Gasteiger partial charge in [-0.05, 0) is 18.6 Å². The van der Waals surface area contributed by atoms with E-state index in [4.69, 9.17) is 20.9 Å². The Hall–Kier alpha value is -2.77. The Morgan fingerprint density at radius 2 is 1.94 bits per heavy atom. The molecule has 0 radical (unpaired) electrons. The first kappa shape index (κ1) is 23.9. The van der Waals surface area contributed by atoms with Crippen LogP contribution in [0, 0.1) is 0 Å². The predicted molar refractivity (Wildman–Crippen MR) is 126 cm³/mol. The summed E-state index contributed by atoms with van der Waals surface area (Å²) in [6.45, 7) is 3.97. The highest BCUT2D eigenvalue weighted by atomic mass is 35.5. The topological polar surface area (TPSA) is 81.4 Å². The van der Waals surface area contributed by atoms with Gasteiger partial charge in [0.15, 0.2) is 0 Å². The third kappa shape index (κ3) is 6.87. The molecule has 1 aromatic heterocycles. The van der Waals surface area contributed by atoms with Gasteiger partial charge in [-0.3, -0.25) is 9.59 Å². The Kier molecular flexibility index (Phi) is 8.76. The molecule has 0 saturated heterocycles. The number of carbonyl (C=O) groups is 2. The van der Waals surface area contributed by atoms with Crippen molar-refractivity contribution in [3.05, 3.63) is 76.5 Å². The van der Waals surface area contributed by atoms with Gasteiger partial charge in [0.05, 0.1) is 6.42 Å². The van der Waals surface area contributed by atoms with Crippen molar-refractivity contribution in [3.63, 3.8) is 0 Å².